The summed E-state index contributed by atoms with van der Waals surface area (Å²) in [6.07, 6.45) is 4.41. The number of hydrogen-bond donors (Lipinski definition) is 0. The third kappa shape index (κ3) is 4.17. The molecule has 1 aromatic heterocycles. The lowest BCUT2D eigenvalue weighted by Gasteiger charge is -2.40. The molecule has 2 fully saturated rings. The molecule has 0 bridgehead atoms. The quantitative estimate of drug-likeness (QED) is 0.742. The van der Waals surface area contributed by atoms with Gasteiger partial charge in [-0.15, -0.1) is 5.10 Å². The van der Waals surface area contributed by atoms with Crippen LogP contribution in [0.2, 0.25) is 10.0 Å². The Balaban J connectivity index is 1.29. The largest absolute Gasteiger partial charge is 0.476 e. The zero-order chi connectivity index (χ0) is 17.9. The van der Waals surface area contributed by atoms with Gasteiger partial charge in [0, 0.05) is 31.9 Å². The second kappa shape index (κ2) is 8.17. The van der Waals surface area contributed by atoms with Crippen molar-refractivity contribution in [2.75, 3.05) is 39.5 Å². The van der Waals surface area contributed by atoms with Crippen molar-refractivity contribution in [3.8, 4) is 11.6 Å². The van der Waals surface area contributed by atoms with E-state index in [0.29, 0.717) is 21.8 Å². The molecule has 1 aliphatic carbocycles. The summed E-state index contributed by atoms with van der Waals surface area (Å²) in [5, 5.41) is 5.54. The van der Waals surface area contributed by atoms with Crippen molar-refractivity contribution < 1.29 is 9.47 Å². The summed E-state index contributed by atoms with van der Waals surface area (Å²) in [6, 6.07) is 7.34. The molecule has 1 saturated heterocycles. The maximum Gasteiger partial charge on any atom is 0.233 e. The molecular weight excluding hydrogens is 373 g/mol. The molecule has 5 nitrogen and oxygen atoms in total. The molecule has 1 aliphatic heterocycles. The molecule has 2 atom stereocenters. The highest BCUT2D eigenvalue weighted by molar-refractivity contribution is 6.42. The van der Waals surface area contributed by atoms with E-state index in [9.17, 15) is 0 Å². The highest BCUT2D eigenvalue weighted by Crippen LogP contribution is 2.35. The van der Waals surface area contributed by atoms with Crippen LogP contribution in [0.15, 0.2) is 30.5 Å². The first-order valence-electron chi connectivity index (χ1n) is 9.13. The van der Waals surface area contributed by atoms with Crippen LogP contribution >= 0.6 is 23.2 Å². The van der Waals surface area contributed by atoms with E-state index in [-0.39, 0.29) is 0 Å². The van der Waals surface area contributed by atoms with Gasteiger partial charge in [-0.3, -0.25) is 4.90 Å². The van der Waals surface area contributed by atoms with Gasteiger partial charge in [-0.2, -0.15) is 0 Å². The molecule has 2 heterocycles. The molecular formula is C19H23Cl2N3O2. The fourth-order valence-corrected chi connectivity index (χ4v) is 3.85. The Morgan fingerprint density at radius 3 is 2.62 bits per heavy atom. The number of hydrogen-bond acceptors (Lipinski definition) is 4. The van der Waals surface area contributed by atoms with E-state index in [1.807, 2.05) is 18.3 Å². The minimum atomic E-state index is 0.516. The minimum Gasteiger partial charge on any atom is -0.476 e. The number of aromatic nitrogens is 2. The number of ether oxygens (including phenoxy) is 2. The average Bonchev–Trinajstić information content (AvgIpc) is 3.11. The molecule has 2 aromatic rings. The van der Waals surface area contributed by atoms with E-state index in [2.05, 4.69) is 10.00 Å². The molecule has 0 radical (unpaired) electrons. The second-order valence-electron chi connectivity index (χ2n) is 7.02. The lowest BCUT2D eigenvalue weighted by Crippen LogP contribution is -2.44. The molecule has 0 N–H and O–H groups in total. The van der Waals surface area contributed by atoms with E-state index in [1.54, 1.807) is 16.8 Å². The van der Waals surface area contributed by atoms with Crippen molar-refractivity contribution in [1.29, 1.82) is 0 Å². The van der Waals surface area contributed by atoms with Gasteiger partial charge in [-0.25, -0.2) is 4.68 Å². The highest BCUT2D eigenvalue weighted by Gasteiger charge is 2.33. The molecule has 0 spiro atoms. The lowest BCUT2D eigenvalue weighted by atomic mass is 9.74. The van der Waals surface area contributed by atoms with Crippen molar-refractivity contribution in [3.63, 3.8) is 0 Å². The van der Waals surface area contributed by atoms with Crippen LogP contribution in [0.25, 0.3) is 5.69 Å². The summed E-state index contributed by atoms with van der Waals surface area (Å²) in [5.74, 6) is 1.99. The topological polar surface area (TPSA) is 39.5 Å². The maximum absolute atomic E-state index is 6.08. The van der Waals surface area contributed by atoms with Gasteiger partial charge >= 0.3 is 0 Å². The van der Waals surface area contributed by atoms with Crippen molar-refractivity contribution in [2.45, 2.75) is 12.8 Å². The van der Waals surface area contributed by atoms with Crippen LogP contribution in [0, 0.1) is 11.8 Å². The number of benzene rings is 1. The predicted molar refractivity (Wildman–Crippen MR) is 103 cm³/mol. The van der Waals surface area contributed by atoms with E-state index in [1.165, 1.54) is 12.8 Å². The fraction of sp³-hybridized carbons (Fsp3) is 0.526. The molecule has 1 saturated carbocycles. The minimum absolute atomic E-state index is 0.516. The van der Waals surface area contributed by atoms with Crippen LogP contribution in [0.4, 0.5) is 0 Å². The maximum atomic E-state index is 6.08. The normalized spacial score (nSPS) is 23.6. The Bertz CT molecular complexity index is 746. The van der Waals surface area contributed by atoms with E-state index in [4.69, 9.17) is 32.7 Å². The first-order chi connectivity index (χ1) is 12.7. The molecule has 2 aliphatic rings. The first-order valence-corrected chi connectivity index (χ1v) is 9.88. The molecule has 140 valence electrons. The van der Waals surface area contributed by atoms with Gasteiger partial charge in [-0.1, -0.05) is 23.2 Å². The predicted octanol–water partition coefficient (Wildman–Crippen LogP) is 3.92. The summed E-state index contributed by atoms with van der Waals surface area (Å²) in [5.41, 5.74) is 0.864. The summed E-state index contributed by atoms with van der Waals surface area (Å²) in [6.45, 7) is 5.72. The third-order valence-corrected chi connectivity index (χ3v) is 6.09. The summed E-state index contributed by atoms with van der Waals surface area (Å²) < 4.78 is 13.1. The van der Waals surface area contributed by atoms with Crippen molar-refractivity contribution >= 4 is 23.2 Å². The van der Waals surface area contributed by atoms with Crippen LogP contribution in [-0.2, 0) is 4.74 Å². The van der Waals surface area contributed by atoms with Crippen LogP contribution in [-0.4, -0.2) is 54.1 Å². The van der Waals surface area contributed by atoms with Gasteiger partial charge < -0.3 is 9.47 Å². The molecule has 26 heavy (non-hydrogen) atoms. The molecule has 4 rings (SSSR count). The standard InChI is InChI=1S/C19H23Cl2N3O2/c20-17-4-3-16(11-18(17)21)24-6-5-19(22-24)26-13-15-2-1-14(15)12-23-7-9-25-10-8-23/h3-6,11,14-15H,1-2,7-10,12-13H2/t14-,15+/m1/s1. The van der Waals surface area contributed by atoms with Crippen LogP contribution in [0.5, 0.6) is 5.88 Å². The number of rotatable bonds is 6. The van der Waals surface area contributed by atoms with Crippen LogP contribution in [0.1, 0.15) is 12.8 Å². The second-order valence-corrected chi connectivity index (χ2v) is 7.83. The first kappa shape index (κ1) is 18.1. The Labute approximate surface area is 163 Å². The average molecular weight is 396 g/mol. The van der Waals surface area contributed by atoms with E-state index >= 15 is 0 Å². The zero-order valence-corrected chi connectivity index (χ0v) is 16.1. The zero-order valence-electron chi connectivity index (χ0n) is 14.6. The molecule has 1 aromatic carbocycles. The highest BCUT2D eigenvalue weighted by atomic mass is 35.5. The summed E-state index contributed by atoms with van der Waals surface area (Å²) in [7, 11) is 0. The van der Waals surface area contributed by atoms with Gasteiger partial charge in [0.15, 0.2) is 0 Å². The molecule has 0 amide bonds. The number of morpholine rings is 1. The smallest absolute Gasteiger partial charge is 0.233 e. The van der Waals surface area contributed by atoms with Crippen LogP contribution in [0.3, 0.4) is 0 Å². The molecule has 7 heteroatoms. The summed E-state index contributed by atoms with van der Waals surface area (Å²) >= 11 is 12.0. The van der Waals surface area contributed by atoms with Crippen molar-refractivity contribution in [2.24, 2.45) is 11.8 Å². The van der Waals surface area contributed by atoms with Gasteiger partial charge in [0.2, 0.25) is 5.88 Å². The fourth-order valence-electron chi connectivity index (χ4n) is 3.56. The Hall–Kier alpha value is -1.27. The Morgan fingerprint density at radius 2 is 1.88 bits per heavy atom. The van der Waals surface area contributed by atoms with Gasteiger partial charge in [0.25, 0.3) is 0 Å². The SMILES string of the molecule is Clc1ccc(-n2ccc(OC[C@@H]3CC[C@@H]3CN3CCOCC3)n2)cc1Cl. The van der Waals surface area contributed by atoms with Gasteiger partial charge in [0.1, 0.15) is 0 Å². The Kier molecular flexibility index (Phi) is 5.69. The molecule has 0 unspecified atom stereocenters. The number of nitrogens with zero attached hydrogens (tertiary/aromatic N) is 3. The van der Waals surface area contributed by atoms with Crippen molar-refractivity contribution in [1.82, 2.24) is 14.7 Å². The lowest BCUT2D eigenvalue weighted by molar-refractivity contribution is 0.00447. The summed E-state index contributed by atoms with van der Waals surface area (Å²) in [4.78, 5) is 2.51. The Morgan fingerprint density at radius 1 is 1.08 bits per heavy atom. The third-order valence-electron chi connectivity index (χ3n) is 5.35. The van der Waals surface area contributed by atoms with Crippen LogP contribution < -0.4 is 4.74 Å². The van der Waals surface area contributed by atoms with E-state index < -0.39 is 0 Å². The van der Waals surface area contributed by atoms with Gasteiger partial charge in [0.05, 0.1) is 35.6 Å². The monoisotopic (exact) mass is 395 g/mol. The van der Waals surface area contributed by atoms with Crippen molar-refractivity contribution in [3.05, 3.63) is 40.5 Å². The van der Waals surface area contributed by atoms with E-state index in [0.717, 1.165) is 51.1 Å². The number of halogens is 2. The van der Waals surface area contributed by atoms with Gasteiger partial charge in [-0.05, 0) is 42.9 Å².